The lowest BCUT2D eigenvalue weighted by atomic mass is 9.79. The number of hydrogen-bond donors (Lipinski definition) is 2. The molecule has 0 unspecified atom stereocenters. The SMILES string of the molecule is O=C(CCC(=O)Nc1nncs1)NCC1(N2CCOCC2)CCCCC1. The molecular formula is C17H27N5O3S. The average molecular weight is 382 g/mol. The summed E-state index contributed by atoms with van der Waals surface area (Å²) in [6.07, 6.45) is 6.25. The summed E-state index contributed by atoms with van der Waals surface area (Å²) < 4.78 is 5.49. The first-order valence-electron chi connectivity index (χ1n) is 9.33. The zero-order valence-electron chi connectivity index (χ0n) is 15.0. The third-order valence-electron chi connectivity index (χ3n) is 5.27. The van der Waals surface area contributed by atoms with Crippen LogP contribution in [0.15, 0.2) is 5.51 Å². The van der Waals surface area contributed by atoms with Gasteiger partial charge in [0.1, 0.15) is 5.51 Å². The average Bonchev–Trinajstić information content (AvgIpc) is 3.19. The van der Waals surface area contributed by atoms with Crippen LogP contribution in [0, 0.1) is 0 Å². The van der Waals surface area contributed by atoms with Crippen LogP contribution in [0.1, 0.15) is 44.9 Å². The van der Waals surface area contributed by atoms with Gasteiger partial charge in [-0.2, -0.15) is 0 Å². The molecule has 1 aromatic rings. The minimum atomic E-state index is -0.211. The zero-order chi connectivity index (χ0) is 18.2. The molecule has 9 heteroatoms. The fourth-order valence-corrected chi connectivity index (χ4v) is 4.30. The van der Waals surface area contributed by atoms with E-state index >= 15 is 0 Å². The Morgan fingerprint density at radius 3 is 2.58 bits per heavy atom. The van der Waals surface area contributed by atoms with Crippen LogP contribution < -0.4 is 10.6 Å². The lowest BCUT2D eigenvalue weighted by Crippen LogP contribution is -2.59. The standard InChI is InChI=1S/C17H27N5O3S/c23-14(4-5-15(24)20-16-21-19-13-26-16)18-12-17(6-2-1-3-7-17)22-8-10-25-11-9-22/h13H,1-12H2,(H,18,23)(H,20,21,24). The predicted octanol–water partition coefficient (Wildman–Crippen LogP) is 1.41. The normalized spacial score (nSPS) is 20.5. The Kier molecular flexibility index (Phi) is 6.93. The Morgan fingerprint density at radius 2 is 1.88 bits per heavy atom. The Morgan fingerprint density at radius 1 is 1.15 bits per heavy atom. The summed E-state index contributed by atoms with van der Waals surface area (Å²) in [4.78, 5) is 26.6. The van der Waals surface area contributed by atoms with E-state index in [0.717, 1.165) is 39.1 Å². The lowest BCUT2D eigenvalue weighted by Gasteiger charge is -2.48. The second-order valence-corrected chi connectivity index (χ2v) is 7.79. The Hall–Kier alpha value is -1.58. The zero-order valence-corrected chi connectivity index (χ0v) is 15.9. The number of nitrogens with one attached hydrogen (secondary N) is 2. The molecule has 0 spiro atoms. The molecule has 1 saturated carbocycles. The molecular weight excluding hydrogens is 354 g/mol. The number of hydrogen-bond acceptors (Lipinski definition) is 7. The van der Waals surface area contributed by atoms with E-state index in [0.29, 0.717) is 11.7 Å². The van der Waals surface area contributed by atoms with E-state index in [1.165, 1.54) is 30.6 Å². The van der Waals surface area contributed by atoms with Crippen molar-refractivity contribution in [1.82, 2.24) is 20.4 Å². The van der Waals surface area contributed by atoms with Crippen LogP contribution in [0.25, 0.3) is 0 Å². The maximum absolute atomic E-state index is 12.3. The Balaban J connectivity index is 1.45. The van der Waals surface area contributed by atoms with Crippen LogP contribution in [-0.2, 0) is 14.3 Å². The lowest BCUT2D eigenvalue weighted by molar-refractivity contribution is -0.125. The molecule has 0 bridgehead atoms. The molecule has 1 aromatic heterocycles. The third kappa shape index (κ3) is 5.21. The first-order chi connectivity index (χ1) is 12.7. The van der Waals surface area contributed by atoms with Gasteiger partial charge in [0.25, 0.3) is 0 Å². The molecule has 1 aliphatic carbocycles. The second-order valence-electron chi connectivity index (χ2n) is 6.95. The van der Waals surface area contributed by atoms with Gasteiger partial charge in [-0.05, 0) is 12.8 Å². The number of amides is 2. The van der Waals surface area contributed by atoms with Crippen molar-refractivity contribution < 1.29 is 14.3 Å². The van der Waals surface area contributed by atoms with Crippen molar-refractivity contribution in [3.8, 4) is 0 Å². The summed E-state index contributed by atoms with van der Waals surface area (Å²) >= 11 is 1.26. The van der Waals surface area contributed by atoms with Crippen LogP contribution in [-0.4, -0.2) is 65.3 Å². The van der Waals surface area contributed by atoms with E-state index < -0.39 is 0 Å². The van der Waals surface area contributed by atoms with Crippen molar-refractivity contribution in [3.63, 3.8) is 0 Å². The van der Waals surface area contributed by atoms with Gasteiger partial charge >= 0.3 is 0 Å². The van der Waals surface area contributed by atoms with Crippen molar-refractivity contribution in [3.05, 3.63) is 5.51 Å². The Bertz CT molecular complexity index is 583. The molecule has 0 radical (unpaired) electrons. The van der Waals surface area contributed by atoms with E-state index in [1.54, 1.807) is 5.51 Å². The smallest absolute Gasteiger partial charge is 0.226 e. The van der Waals surface area contributed by atoms with Gasteiger partial charge in [0.05, 0.1) is 13.2 Å². The molecule has 8 nitrogen and oxygen atoms in total. The molecule has 144 valence electrons. The molecule has 26 heavy (non-hydrogen) atoms. The molecule has 2 heterocycles. The monoisotopic (exact) mass is 381 g/mol. The molecule has 3 rings (SSSR count). The van der Waals surface area contributed by atoms with Crippen molar-refractivity contribution in [2.75, 3.05) is 38.2 Å². The van der Waals surface area contributed by atoms with Crippen LogP contribution >= 0.6 is 11.3 Å². The van der Waals surface area contributed by atoms with Crippen LogP contribution in [0.3, 0.4) is 0 Å². The van der Waals surface area contributed by atoms with E-state index in [9.17, 15) is 9.59 Å². The van der Waals surface area contributed by atoms with E-state index in [1.807, 2.05) is 0 Å². The minimum absolute atomic E-state index is 0.0481. The van der Waals surface area contributed by atoms with E-state index in [4.69, 9.17) is 4.74 Å². The van der Waals surface area contributed by atoms with Gasteiger partial charge in [0.2, 0.25) is 16.9 Å². The number of anilines is 1. The molecule has 0 atom stereocenters. The fourth-order valence-electron chi connectivity index (χ4n) is 3.84. The highest BCUT2D eigenvalue weighted by Crippen LogP contribution is 2.33. The topological polar surface area (TPSA) is 96.5 Å². The predicted molar refractivity (Wildman–Crippen MR) is 99.0 cm³/mol. The summed E-state index contributed by atoms with van der Waals surface area (Å²) in [5.74, 6) is -0.284. The minimum Gasteiger partial charge on any atom is -0.379 e. The van der Waals surface area contributed by atoms with Crippen molar-refractivity contribution in [2.45, 2.75) is 50.5 Å². The number of aromatic nitrogens is 2. The number of ether oxygens (including phenoxy) is 1. The fraction of sp³-hybridized carbons (Fsp3) is 0.765. The Labute approximate surface area is 157 Å². The summed E-state index contributed by atoms with van der Waals surface area (Å²) in [5, 5.41) is 13.6. The van der Waals surface area contributed by atoms with E-state index in [-0.39, 0.29) is 30.2 Å². The summed E-state index contributed by atoms with van der Waals surface area (Å²) in [5.41, 5.74) is 1.60. The van der Waals surface area contributed by atoms with Crippen molar-refractivity contribution in [1.29, 1.82) is 0 Å². The number of carbonyl (C=O) groups excluding carboxylic acids is 2. The van der Waals surface area contributed by atoms with Gasteiger partial charge in [0, 0.05) is 38.0 Å². The highest BCUT2D eigenvalue weighted by molar-refractivity contribution is 7.13. The van der Waals surface area contributed by atoms with Gasteiger partial charge in [-0.3, -0.25) is 14.5 Å². The maximum atomic E-state index is 12.3. The molecule has 2 aliphatic rings. The molecule has 2 amide bonds. The first kappa shape index (κ1) is 19.2. The van der Waals surface area contributed by atoms with Crippen molar-refractivity contribution in [2.24, 2.45) is 0 Å². The number of nitrogens with zero attached hydrogens (tertiary/aromatic N) is 3. The number of carbonyl (C=O) groups is 2. The quantitative estimate of drug-likeness (QED) is 0.741. The van der Waals surface area contributed by atoms with E-state index in [2.05, 4.69) is 25.7 Å². The molecule has 2 fully saturated rings. The molecule has 1 aliphatic heterocycles. The molecule has 0 aromatic carbocycles. The largest absolute Gasteiger partial charge is 0.379 e. The van der Waals surface area contributed by atoms with Gasteiger partial charge < -0.3 is 15.4 Å². The van der Waals surface area contributed by atoms with Crippen molar-refractivity contribution >= 4 is 28.3 Å². The third-order valence-corrected chi connectivity index (χ3v) is 5.87. The summed E-state index contributed by atoms with van der Waals surface area (Å²) in [7, 11) is 0. The van der Waals surface area contributed by atoms with Gasteiger partial charge in [-0.25, -0.2) is 0 Å². The number of rotatable bonds is 7. The van der Waals surface area contributed by atoms with Crippen LogP contribution in [0.5, 0.6) is 0 Å². The van der Waals surface area contributed by atoms with Crippen LogP contribution in [0.2, 0.25) is 0 Å². The second kappa shape index (κ2) is 9.38. The summed E-state index contributed by atoms with van der Waals surface area (Å²) in [6.45, 7) is 4.05. The molecule has 1 saturated heterocycles. The van der Waals surface area contributed by atoms with Gasteiger partial charge in [-0.15, -0.1) is 10.2 Å². The highest BCUT2D eigenvalue weighted by atomic mass is 32.1. The highest BCUT2D eigenvalue weighted by Gasteiger charge is 2.38. The van der Waals surface area contributed by atoms with Gasteiger partial charge in [-0.1, -0.05) is 30.6 Å². The van der Waals surface area contributed by atoms with Crippen LogP contribution in [0.4, 0.5) is 5.13 Å². The summed E-state index contributed by atoms with van der Waals surface area (Å²) in [6, 6.07) is 0. The maximum Gasteiger partial charge on any atom is 0.226 e. The molecule has 2 N–H and O–H groups in total. The number of morpholine rings is 1. The van der Waals surface area contributed by atoms with Gasteiger partial charge in [0.15, 0.2) is 0 Å². The first-order valence-corrected chi connectivity index (χ1v) is 10.2.